The Balaban J connectivity index is 1.83. The average molecular weight is 309 g/mol. The quantitative estimate of drug-likeness (QED) is 0.593. The van der Waals surface area contributed by atoms with Crippen LogP contribution in [-0.4, -0.2) is 45.8 Å². The van der Waals surface area contributed by atoms with Gasteiger partial charge in [0.05, 0.1) is 54.3 Å². The molecule has 4 rings (SSSR count). The largest absolute Gasteiger partial charge is 0.391 e. The molecule has 4 aromatic heterocycles. The van der Waals surface area contributed by atoms with E-state index in [0.717, 1.165) is 28.0 Å². The van der Waals surface area contributed by atoms with Gasteiger partial charge in [-0.15, -0.1) is 0 Å². The maximum absolute atomic E-state index is 9.47. The lowest BCUT2D eigenvalue weighted by Gasteiger charge is -2.05. The van der Waals surface area contributed by atoms with Crippen molar-refractivity contribution in [1.82, 2.24) is 34.6 Å². The summed E-state index contributed by atoms with van der Waals surface area (Å²) in [6.07, 6.45) is 10.3. The molecule has 1 unspecified atom stereocenters. The van der Waals surface area contributed by atoms with Crippen molar-refractivity contribution in [2.45, 2.75) is 19.6 Å². The highest BCUT2D eigenvalue weighted by molar-refractivity contribution is 5.78. The molecule has 116 valence electrons. The zero-order chi connectivity index (χ0) is 15.8. The molecule has 0 aliphatic heterocycles. The summed E-state index contributed by atoms with van der Waals surface area (Å²) in [5, 5.41) is 24.8. The number of rotatable bonds is 4. The van der Waals surface area contributed by atoms with Crippen LogP contribution in [0.15, 0.2) is 43.2 Å². The van der Waals surface area contributed by atoms with Crippen molar-refractivity contribution < 1.29 is 5.11 Å². The molecule has 0 bridgehead atoms. The van der Waals surface area contributed by atoms with E-state index in [4.69, 9.17) is 4.98 Å². The number of fused-ring (bicyclic) bond motifs is 1. The van der Waals surface area contributed by atoms with Gasteiger partial charge in [0.2, 0.25) is 0 Å². The highest BCUT2D eigenvalue weighted by Gasteiger charge is 2.13. The first kappa shape index (κ1) is 13.6. The predicted octanol–water partition coefficient (Wildman–Crippen LogP) is 1.36. The number of aliphatic hydroxyl groups is 1. The maximum atomic E-state index is 9.47. The van der Waals surface area contributed by atoms with Gasteiger partial charge in [-0.2, -0.15) is 15.3 Å². The van der Waals surface area contributed by atoms with E-state index in [1.165, 1.54) is 0 Å². The predicted molar refractivity (Wildman–Crippen MR) is 83.5 cm³/mol. The van der Waals surface area contributed by atoms with Crippen molar-refractivity contribution in [3.05, 3.63) is 43.2 Å². The summed E-state index contributed by atoms with van der Waals surface area (Å²) in [6, 6.07) is 1.91. The molecule has 8 nitrogen and oxygen atoms in total. The van der Waals surface area contributed by atoms with Gasteiger partial charge in [0, 0.05) is 23.5 Å². The molecule has 23 heavy (non-hydrogen) atoms. The van der Waals surface area contributed by atoms with Gasteiger partial charge in [-0.05, 0) is 13.0 Å². The second-order valence-corrected chi connectivity index (χ2v) is 5.42. The number of nitrogens with zero attached hydrogens (tertiary/aromatic N) is 6. The number of aromatic amines is 1. The van der Waals surface area contributed by atoms with Gasteiger partial charge >= 0.3 is 0 Å². The Bertz CT molecular complexity index is 936. The molecular formula is C15H15N7O. The fourth-order valence-corrected chi connectivity index (χ4v) is 2.53. The number of nitrogens with one attached hydrogen (secondary N) is 1. The summed E-state index contributed by atoms with van der Waals surface area (Å²) in [6.45, 7) is 2.17. The number of aromatic nitrogens is 7. The highest BCUT2D eigenvalue weighted by atomic mass is 16.3. The average Bonchev–Trinajstić information content (AvgIpc) is 3.26. The van der Waals surface area contributed by atoms with Crippen LogP contribution in [0.3, 0.4) is 0 Å². The molecule has 0 amide bonds. The number of H-pyrrole nitrogens is 1. The summed E-state index contributed by atoms with van der Waals surface area (Å²) in [4.78, 5) is 4.74. The van der Waals surface area contributed by atoms with Crippen molar-refractivity contribution in [3.8, 4) is 22.5 Å². The molecule has 2 N–H and O–H groups in total. The van der Waals surface area contributed by atoms with Gasteiger partial charge in [-0.25, -0.2) is 9.50 Å². The van der Waals surface area contributed by atoms with E-state index in [0.29, 0.717) is 6.54 Å². The molecule has 0 aliphatic rings. The second-order valence-electron chi connectivity index (χ2n) is 5.42. The van der Waals surface area contributed by atoms with Crippen LogP contribution in [0.25, 0.3) is 28.0 Å². The van der Waals surface area contributed by atoms with E-state index in [-0.39, 0.29) is 0 Å². The van der Waals surface area contributed by atoms with E-state index in [1.807, 2.05) is 18.5 Å². The summed E-state index contributed by atoms with van der Waals surface area (Å²) in [7, 11) is 0. The Labute approximate surface area is 131 Å². The standard InChI is InChI=1S/C15H15N7O/c1-10(23)7-21-8-12(6-19-21)13-9-22-14(2-3-18-22)15(20-13)11-4-16-17-5-11/h2-6,8-10,23H,7H2,1H3,(H,16,17). The Kier molecular flexibility index (Phi) is 3.16. The van der Waals surface area contributed by atoms with E-state index >= 15 is 0 Å². The molecule has 4 aromatic rings. The number of aliphatic hydroxyl groups excluding tert-OH is 1. The normalized spacial score (nSPS) is 12.8. The fraction of sp³-hybridized carbons (Fsp3) is 0.200. The van der Waals surface area contributed by atoms with Gasteiger partial charge in [-0.3, -0.25) is 9.78 Å². The molecule has 1 atom stereocenters. The van der Waals surface area contributed by atoms with Crippen LogP contribution in [0.1, 0.15) is 6.92 Å². The fourth-order valence-electron chi connectivity index (χ4n) is 2.53. The van der Waals surface area contributed by atoms with Crippen LogP contribution in [0, 0.1) is 0 Å². The minimum absolute atomic E-state index is 0.443. The number of hydrogen-bond donors (Lipinski definition) is 2. The van der Waals surface area contributed by atoms with Crippen LogP contribution >= 0.6 is 0 Å². The third kappa shape index (κ3) is 2.49. The van der Waals surface area contributed by atoms with E-state index in [2.05, 4.69) is 20.4 Å². The summed E-state index contributed by atoms with van der Waals surface area (Å²) >= 11 is 0. The van der Waals surface area contributed by atoms with Gasteiger partial charge in [0.1, 0.15) is 0 Å². The van der Waals surface area contributed by atoms with Crippen LogP contribution < -0.4 is 0 Å². The van der Waals surface area contributed by atoms with Gasteiger partial charge < -0.3 is 5.11 Å². The molecule has 8 heteroatoms. The Morgan fingerprint density at radius 3 is 2.91 bits per heavy atom. The molecule has 4 heterocycles. The third-order valence-electron chi connectivity index (χ3n) is 3.54. The van der Waals surface area contributed by atoms with Crippen molar-refractivity contribution in [2.24, 2.45) is 0 Å². The van der Waals surface area contributed by atoms with E-state index < -0.39 is 6.10 Å². The zero-order valence-corrected chi connectivity index (χ0v) is 12.5. The van der Waals surface area contributed by atoms with Gasteiger partial charge in [0.15, 0.2) is 0 Å². The first-order chi connectivity index (χ1) is 11.2. The molecule has 0 aliphatic carbocycles. The molecule has 0 saturated carbocycles. The van der Waals surface area contributed by atoms with Crippen LogP contribution in [0.5, 0.6) is 0 Å². The monoisotopic (exact) mass is 309 g/mol. The smallest absolute Gasteiger partial charge is 0.0999 e. The molecule has 0 aromatic carbocycles. The third-order valence-corrected chi connectivity index (χ3v) is 3.54. The minimum Gasteiger partial charge on any atom is -0.391 e. The van der Waals surface area contributed by atoms with Crippen molar-refractivity contribution >= 4 is 5.52 Å². The summed E-state index contributed by atoms with van der Waals surface area (Å²) in [5.41, 5.74) is 4.24. The van der Waals surface area contributed by atoms with Crippen LogP contribution in [0.4, 0.5) is 0 Å². The minimum atomic E-state index is -0.453. The van der Waals surface area contributed by atoms with Crippen molar-refractivity contribution in [3.63, 3.8) is 0 Å². The SMILES string of the molecule is CC(O)Cn1cc(-c2cn3nccc3c(-c3cn[nH]c3)n2)cn1. The van der Waals surface area contributed by atoms with Gasteiger partial charge in [0.25, 0.3) is 0 Å². The topological polar surface area (TPSA) is 96.9 Å². The van der Waals surface area contributed by atoms with E-state index in [9.17, 15) is 5.11 Å². The van der Waals surface area contributed by atoms with Crippen LogP contribution in [0.2, 0.25) is 0 Å². The number of hydrogen-bond acceptors (Lipinski definition) is 5. The zero-order valence-electron chi connectivity index (χ0n) is 12.5. The molecule has 0 radical (unpaired) electrons. The first-order valence-electron chi connectivity index (χ1n) is 7.25. The lowest BCUT2D eigenvalue weighted by atomic mass is 10.2. The molecule has 0 saturated heterocycles. The van der Waals surface area contributed by atoms with Crippen molar-refractivity contribution in [1.29, 1.82) is 0 Å². The Morgan fingerprint density at radius 1 is 1.22 bits per heavy atom. The summed E-state index contributed by atoms with van der Waals surface area (Å²) < 4.78 is 3.49. The molecule has 0 fully saturated rings. The molecule has 0 spiro atoms. The lowest BCUT2D eigenvalue weighted by Crippen LogP contribution is -2.11. The second kappa shape index (κ2) is 5.33. The summed E-state index contributed by atoms with van der Waals surface area (Å²) in [5.74, 6) is 0. The Hall–Kier alpha value is -3.00. The molecular weight excluding hydrogens is 294 g/mol. The van der Waals surface area contributed by atoms with E-state index in [1.54, 1.807) is 40.9 Å². The maximum Gasteiger partial charge on any atom is 0.0999 e. The van der Waals surface area contributed by atoms with Crippen LogP contribution in [-0.2, 0) is 6.54 Å². The lowest BCUT2D eigenvalue weighted by molar-refractivity contribution is 0.168. The van der Waals surface area contributed by atoms with Crippen molar-refractivity contribution in [2.75, 3.05) is 0 Å². The first-order valence-corrected chi connectivity index (χ1v) is 7.25. The Morgan fingerprint density at radius 2 is 2.13 bits per heavy atom. The van der Waals surface area contributed by atoms with Gasteiger partial charge in [-0.1, -0.05) is 0 Å². The highest BCUT2D eigenvalue weighted by Crippen LogP contribution is 2.25.